The quantitative estimate of drug-likeness (QED) is 0.613. The molecular formula is C16H38N2O4Y. The summed E-state index contributed by atoms with van der Waals surface area (Å²) < 4.78 is 0. The average molecular weight is 411 g/mol. The molecule has 0 aromatic rings. The first-order valence-electron chi connectivity index (χ1n) is 6.61. The van der Waals surface area contributed by atoms with Crippen LogP contribution in [0.15, 0.2) is 0 Å². The first-order valence-corrected chi connectivity index (χ1v) is 6.61. The van der Waals surface area contributed by atoms with Crippen molar-refractivity contribution in [2.45, 2.75) is 70.2 Å². The first kappa shape index (κ1) is 43.2. The van der Waals surface area contributed by atoms with Gasteiger partial charge in [0, 0.05) is 74.5 Å². The molecule has 0 atom stereocenters. The molecule has 4 amide bonds. The van der Waals surface area contributed by atoms with Gasteiger partial charge in [-0.3, -0.25) is 29.0 Å². The molecule has 0 aromatic heterocycles. The molecule has 6 nitrogen and oxygen atoms in total. The SMILES string of the molecule is C.C.CC.CC.CC(=O)N(C)C(C)=O.CC(=O)N(C)C(C)=O.[Y]. The second kappa shape index (κ2) is 29.4. The Morgan fingerprint density at radius 3 is 0.609 bits per heavy atom. The topological polar surface area (TPSA) is 74.8 Å². The van der Waals surface area contributed by atoms with Crippen LogP contribution in [0.2, 0.25) is 0 Å². The zero-order valence-corrected chi connectivity index (χ0v) is 17.9. The third-order valence-electron chi connectivity index (χ3n) is 1.89. The van der Waals surface area contributed by atoms with Crippen LogP contribution in [0.5, 0.6) is 0 Å². The number of amides is 4. The molecule has 0 aliphatic rings. The van der Waals surface area contributed by atoms with Crippen LogP contribution in [0.4, 0.5) is 0 Å². The van der Waals surface area contributed by atoms with Crippen LogP contribution in [-0.2, 0) is 51.9 Å². The Morgan fingerprint density at radius 2 is 0.609 bits per heavy atom. The van der Waals surface area contributed by atoms with Gasteiger partial charge in [0.1, 0.15) is 0 Å². The van der Waals surface area contributed by atoms with Crippen molar-refractivity contribution in [3.8, 4) is 0 Å². The fourth-order valence-electron chi connectivity index (χ4n) is 0.443. The van der Waals surface area contributed by atoms with Crippen molar-refractivity contribution in [1.82, 2.24) is 9.80 Å². The number of hydrogen-bond donors (Lipinski definition) is 0. The minimum atomic E-state index is -0.225. The molecule has 0 saturated heterocycles. The van der Waals surface area contributed by atoms with E-state index in [9.17, 15) is 19.2 Å². The van der Waals surface area contributed by atoms with Crippen LogP contribution in [0.25, 0.3) is 0 Å². The molecule has 0 aliphatic carbocycles. The van der Waals surface area contributed by atoms with E-state index in [2.05, 4.69) is 0 Å². The number of carbonyl (C=O) groups is 4. The Balaban J connectivity index is -0.0000000329. The summed E-state index contributed by atoms with van der Waals surface area (Å²) >= 11 is 0. The van der Waals surface area contributed by atoms with Crippen LogP contribution < -0.4 is 0 Å². The molecule has 0 rings (SSSR count). The van der Waals surface area contributed by atoms with Crippen LogP contribution in [0.1, 0.15) is 70.2 Å². The Bertz CT molecular complexity index is 250. The summed E-state index contributed by atoms with van der Waals surface area (Å²) in [6.45, 7) is 13.4. The predicted molar refractivity (Wildman–Crippen MR) is 94.4 cm³/mol. The maximum Gasteiger partial charge on any atom is 0.225 e. The van der Waals surface area contributed by atoms with Crippen molar-refractivity contribution in [2.75, 3.05) is 14.1 Å². The van der Waals surface area contributed by atoms with E-state index >= 15 is 0 Å². The summed E-state index contributed by atoms with van der Waals surface area (Å²) in [6, 6.07) is 0. The van der Waals surface area contributed by atoms with Crippen LogP contribution in [0.3, 0.4) is 0 Å². The smallest absolute Gasteiger partial charge is 0.225 e. The predicted octanol–water partition coefficient (Wildman–Crippen LogP) is 3.34. The van der Waals surface area contributed by atoms with Gasteiger partial charge in [0.25, 0.3) is 0 Å². The summed E-state index contributed by atoms with van der Waals surface area (Å²) in [6.07, 6.45) is 0. The summed E-state index contributed by atoms with van der Waals surface area (Å²) in [4.78, 5) is 43.3. The number of hydrogen-bond acceptors (Lipinski definition) is 4. The van der Waals surface area contributed by atoms with Gasteiger partial charge in [0.2, 0.25) is 23.6 Å². The number of imide groups is 2. The molecule has 0 heterocycles. The Labute approximate surface area is 169 Å². The zero-order chi connectivity index (χ0) is 17.5. The molecule has 7 heteroatoms. The fraction of sp³-hybridized carbons (Fsp3) is 0.750. The van der Waals surface area contributed by atoms with E-state index < -0.39 is 0 Å². The second-order valence-electron chi connectivity index (χ2n) is 3.19. The minimum absolute atomic E-state index is 0. The molecule has 0 unspecified atom stereocenters. The van der Waals surface area contributed by atoms with Gasteiger partial charge in [-0.15, -0.1) is 0 Å². The summed E-state index contributed by atoms with van der Waals surface area (Å²) in [7, 11) is 2.90. The first-order chi connectivity index (χ1) is 9.11. The van der Waals surface area contributed by atoms with Crippen molar-refractivity contribution >= 4 is 23.6 Å². The van der Waals surface area contributed by atoms with E-state index in [1.165, 1.54) is 41.8 Å². The van der Waals surface area contributed by atoms with Crippen molar-refractivity contribution in [3.63, 3.8) is 0 Å². The summed E-state index contributed by atoms with van der Waals surface area (Å²) in [5.41, 5.74) is 0. The maximum absolute atomic E-state index is 10.3. The van der Waals surface area contributed by atoms with Crippen LogP contribution >= 0.6 is 0 Å². The molecule has 0 aromatic carbocycles. The van der Waals surface area contributed by atoms with E-state index in [0.29, 0.717) is 0 Å². The molecule has 0 aliphatic heterocycles. The van der Waals surface area contributed by atoms with E-state index in [1.807, 2.05) is 27.7 Å². The fourth-order valence-corrected chi connectivity index (χ4v) is 0.443. The van der Waals surface area contributed by atoms with Gasteiger partial charge in [-0.05, 0) is 0 Å². The molecule has 1 radical (unpaired) electrons. The molecular weight excluding hydrogens is 373 g/mol. The van der Waals surface area contributed by atoms with Crippen molar-refractivity contribution in [1.29, 1.82) is 0 Å². The minimum Gasteiger partial charge on any atom is -0.286 e. The second-order valence-corrected chi connectivity index (χ2v) is 3.19. The largest absolute Gasteiger partial charge is 0.286 e. The third kappa shape index (κ3) is 33.9. The molecule has 0 fully saturated rings. The van der Waals surface area contributed by atoms with Crippen molar-refractivity contribution in [3.05, 3.63) is 0 Å². The van der Waals surface area contributed by atoms with Crippen LogP contribution in [0, 0.1) is 0 Å². The normalized spacial score (nSPS) is 6.35. The van der Waals surface area contributed by atoms with Gasteiger partial charge in [-0.2, -0.15) is 0 Å². The Hall–Kier alpha value is -0.616. The van der Waals surface area contributed by atoms with Gasteiger partial charge in [0.15, 0.2) is 0 Å². The zero-order valence-electron chi connectivity index (χ0n) is 15.1. The summed E-state index contributed by atoms with van der Waals surface area (Å²) in [5, 5.41) is 0. The monoisotopic (exact) mass is 411 g/mol. The Kier molecular flexibility index (Phi) is 55.3. The number of carbonyl (C=O) groups excluding carboxylic acids is 4. The van der Waals surface area contributed by atoms with E-state index in [-0.39, 0.29) is 71.2 Å². The van der Waals surface area contributed by atoms with Gasteiger partial charge in [-0.1, -0.05) is 42.5 Å². The average Bonchev–Trinajstić information content (AvgIpc) is 2.41. The number of rotatable bonds is 0. The van der Waals surface area contributed by atoms with Crippen molar-refractivity contribution in [2.24, 2.45) is 0 Å². The van der Waals surface area contributed by atoms with Crippen LogP contribution in [-0.4, -0.2) is 47.5 Å². The standard InChI is InChI=1S/2C5H9NO2.2C2H6.2CH4.Y/c2*1-4(7)6(3)5(2)8;2*1-2;;;/h2*1-3H3;2*1-2H3;2*1H4;. The molecule has 23 heavy (non-hydrogen) atoms. The maximum atomic E-state index is 10.3. The van der Waals surface area contributed by atoms with Gasteiger partial charge in [0.05, 0.1) is 0 Å². The van der Waals surface area contributed by atoms with Gasteiger partial charge in [-0.25, -0.2) is 0 Å². The Morgan fingerprint density at radius 1 is 0.522 bits per heavy atom. The molecule has 0 N–H and O–H groups in total. The molecule has 0 spiro atoms. The van der Waals surface area contributed by atoms with Gasteiger partial charge >= 0.3 is 0 Å². The van der Waals surface area contributed by atoms with E-state index in [0.717, 1.165) is 9.80 Å². The van der Waals surface area contributed by atoms with E-state index in [4.69, 9.17) is 0 Å². The number of nitrogens with zero attached hydrogens (tertiary/aromatic N) is 2. The molecule has 0 bridgehead atoms. The molecule has 139 valence electrons. The molecule has 0 saturated carbocycles. The van der Waals surface area contributed by atoms with Gasteiger partial charge < -0.3 is 0 Å². The summed E-state index contributed by atoms with van der Waals surface area (Å²) in [5.74, 6) is -0.898. The van der Waals surface area contributed by atoms with E-state index in [1.54, 1.807) is 0 Å². The van der Waals surface area contributed by atoms with Crippen molar-refractivity contribution < 1.29 is 51.9 Å². The third-order valence-corrected chi connectivity index (χ3v) is 1.89.